The van der Waals surface area contributed by atoms with Crippen molar-refractivity contribution in [3.8, 4) is 27.9 Å². The Hall–Kier alpha value is -4.12. The lowest BCUT2D eigenvalue weighted by molar-refractivity contribution is 0.00578. The number of hydrogen-bond donors (Lipinski definition) is 0. The molecule has 1 aliphatic carbocycles. The number of nitrogens with zero attached hydrogens (tertiary/aromatic N) is 1. The molecule has 6 aromatic rings. The van der Waals surface area contributed by atoms with Crippen molar-refractivity contribution in [3.05, 3.63) is 120 Å². The fourth-order valence-electron chi connectivity index (χ4n) is 7.21. The minimum absolute atomic E-state index is 0.170. The van der Waals surface area contributed by atoms with Gasteiger partial charge in [-0.1, -0.05) is 105 Å². The summed E-state index contributed by atoms with van der Waals surface area (Å²) in [5.41, 5.74) is 11.3. The Balaban J connectivity index is 1.48. The SMILES string of the molecule is CC1(C)c2ccccc2-c2c1cc(B1OC(C)(C)C(C)(C)O1)c1c3ccccc3n(-c3ccc(-c4ccccc4)cc3)c21. The molecule has 0 N–H and O–H groups in total. The predicted octanol–water partition coefficient (Wildman–Crippen LogP) is 9.06. The van der Waals surface area contributed by atoms with Crippen LogP contribution in [0.2, 0.25) is 0 Å². The van der Waals surface area contributed by atoms with Crippen LogP contribution in [0.5, 0.6) is 0 Å². The molecular formula is C39H36BNO2. The molecule has 3 nitrogen and oxygen atoms in total. The highest BCUT2D eigenvalue weighted by Gasteiger charge is 2.53. The second-order valence-corrected chi connectivity index (χ2v) is 13.6. The third-order valence-corrected chi connectivity index (χ3v) is 10.3. The van der Waals surface area contributed by atoms with E-state index in [1.165, 1.54) is 55.2 Å². The number of para-hydroxylation sites is 1. The summed E-state index contributed by atoms with van der Waals surface area (Å²) >= 11 is 0. The average Bonchev–Trinajstić information content (AvgIpc) is 3.55. The largest absolute Gasteiger partial charge is 0.495 e. The third kappa shape index (κ3) is 3.70. The van der Waals surface area contributed by atoms with E-state index in [0.717, 1.165) is 11.2 Å². The van der Waals surface area contributed by atoms with E-state index in [1.807, 2.05) is 0 Å². The zero-order chi connectivity index (χ0) is 29.7. The maximum Gasteiger partial charge on any atom is 0.495 e. The minimum atomic E-state index is -0.475. The average molecular weight is 562 g/mol. The van der Waals surface area contributed by atoms with Crippen LogP contribution in [0.25, 0.3) is 49.7 Å². The normalized spacial score (nSPS) is 17.9. The molecule has 8 rings (SSSR count). The van der Waals surface area contributed by atoms with E-state index >= 15 is 0 Å². The molecule has 0 saturated carbocycles. The van der Waals surface area contributed by atoms with Crippen molar-refractivity contribution >= 4 is 34.4 Å². The summed E-state index contributed by atoms with van der Waals surface area (Å²) in [6.45, 7) is 13.2. The summed E-state index contributed by atoms with van der Waals surface area (Å²) in [6.07, 6.45) is 0. The van der Waals surface area contributed by atoms with E-state index in [0.29, 0.717) is 0 Å². The number of hydrogen-bond acceptors (Lipinski definition) is 2. The quantitative estimate of drug-likeness (QED) is 0.201. The smallest absolute Gasteiger partial charge is 0.399 e. The fourth-order valence-corrected chi connectivity index (χ4v) is 7.21. The standard InChI is InChI=1S/C39H36BNO2/c1-37(2)30-18-12-10-16-28(30)34-31(37)24-32(40-42-38(3,4)39(5,6)43-40)35-29-17-11-13-19-33(29)41(36(34)35)27-22-20-26(21-23-27)25-14-8-7-9-15-25/h7-24H,1-6H3. The summed E-state index contributed by atoms with van der Waals surface area (Å²) in [5.74, 6) is 0. The van der Waals surface area contributed by atoms with E-state index in [1.54, 1.807) is 0 Å². The van der Waals surface area contributed by atoms with Gasteiger partial charge in [-0.25, -0.2) is 0 Å². The molecule has 5 aromatic carbocycles. The predicted molar refractivity (Wildman–Crippen MR) is 179 cm³/mol. The van der Waals surface area contributed by atoms with Crippen LogP contribution in [-0.4, -0.2) is 22.9 Å². The van der Waals surface area contributed by atoms with Crippen LogP contribution in [0.3, 0.4) is 0 Å². The number of benzene rings is 5. The molecule has 212 valence electrons. The van der Waals surface area contributed by atoms with Crippen molar-refractivity contribution in [3.63, 3.8) is 0 Å². The first kappa shape index (κ1) is 26.5. The first-order valence-electron chi connectivity index (χ1n) is 15.3. The van der Waals surface area contributed by atoms with Gasteiger partial charge in [0.1, 0.15) is 0 Å². The third-order valence-electron chi connectivity index (χ3n) is 10.3. The van der Waals surface area contributed by atoms with E-state index < -0.39 is 18.3 Å². The lowest BCUT2D eigenvalue weighted by atomic mass is 9.72. The van der Waals surface area contributed by atoms with Gasteiger partial charge in [0.2, 0.25) is 0 Å². The van der Waals surface area contributed by atoms with Crippen LogP contribution in [0.15, 0.2) is 109 Å². The Bertz CT molecular complexity index is 2040. The highest BCUT2D eigenvalue weighted by Crippen LogP contribution is 2.53. The van der Waals surface area contributed by atoms with E-state index in [-0.39, 0.29) is 5.41 Å². The Kier molecular flexibility index (Phi) is 5.52. The second kappa shape index (κ2) is 8.95. The first-order valence-corrected chi connectivity index (χ1v) is 15.3. The summed E-state index contributed by atoms with van der Waals surface area (Å²) in [6, 6.07) is 39.6. The van der Waals surface area contributed by atoms with Gasteiger partial charge in [0.25, 0.3) is 0 Å². The molecule has 2 heterocycles. The van der Waals surface area contributed by atoms with Crippen molar-refractivity contribution in [2.75, 3.05) is 0 Å². The molecule has 1 aliphatic heterocycles. The van der Waals surface area contributed by atoms with Gasteiger partial charge in [-0.3, -0.25) is 0 Å². The zero-order valence-corrected chi connectivity index (χ0v) is 25.7. The van der Waals surface area contributed by atoms with Crippen LogP contribution in [0.1, 0.15) is 52.7 Å². The lowest BCUT2D eigenvalue weighted by Crippen LogP contribution is -2.41. The number of aromatic nitrogens is 1. The number of rotatable bonds is 3. The summed E-state index contributed by atoms with van der Waals surface area (Å²) in [5, 5.41) is 2.41. The minimum Gasteiger partial charge on any atom is -0.399 e. The molecule has 1 saturated heterocycles. The summed E-state index contributed by atoms with van der Waals surface area (Å²) < 4.78 is 16.0. The molecule has 0 amide bonds. The molecule has 0 atom stereocenters. The topological polar surface area (TPSA) is 23.4 Å². The van der Waals surface area contributed by atoms with Crippen LogP contribution >= 0.6 is 0 Å². The van der Waals surface area contributed by atoms with Crippen molar-refractivity contribution < 1.29 is 9.31 Å². The van der Waals surface area contributed by atoms with Crippen LogP contribution in [0, 0.1) is 0 Å². The Morgan fingerprint density at radius 1 is 0.605 bits per heavy atom. The van der Waals surface area contributed by atoms with Crippen molar-refractivity contribution in [1.29, 1.82) is 0 Å². The Morgan fingerprint density at radius 3 is 1.93 bits per heavy atom. The zero-order valence-electron chi connectivity index (χ0n) is 25.7. The van der Waals surface area contributed by atoms with Gasteiger partial charge in [0.15, 0.2) is 0 Å². The molecule has 0 radical (unpaired) electrons. The second-order valence-electron chi connectivity index (χ2n) is 13.6. The van der Waals surface area contributed by atoms with Crippen LogP contribution in [-0.2, 0) is 14.7 Å². The maximum atomic E-state index is 6.76. The number of fused-ring (bicyclic) bond motifs is 7. The van der Waals surface area contributed by atoms with E-state index in [2.05, 4.69) is 155 Å². The van der Waals surface area contributed by atoms with Gasteiger partial charge < -0.3 is 13.9 Å². The van der Waals surface area contributed by atoms with E-state index in [9.17, 15) is 0 Å². The molecule has 1 aromatic heterocycles. The molecule has 2 aliphatic rings. The van der Waals surface area contributed by atoms with E-state index in [4.69, 9.17) is 9.31 Å². The van der Waals surface area contributed by atoms with Crippen molar-refractivity contribution in [1.82, 2.24) is 4.57 Å². The molecule has 0 bridgehead atoms. The molecule has 4 heteroatoms. The molecule has 1 fully saturated rings. The Labute approximate surface area is 254 Å². The highest BCUT2D eigenvalue weighted by molar-refractivity contribution is 6.66. The maximum absolute atomic E-state index is 6.76. The van der Waals surface area contributed by atoms with Gasteiger partial charge in [0, 0.05) is 27.4 Å². The molecule has 43 heavy (non-hydrogen) atoms. The molecule has 0 spiro atoms. The van der Waals surface area contributed by atoms with Crippen molar-refractivity contribution in [2.45, 2.75) is 58.2 Å². The van der Waals surface area contributed by atoms with Gasteiger partial charge in [0.05, 0.1) is 22.2 Å². The van der Waals surface area contributed by atoms with Crippen molar-refractivity contribution in [2.24, 2.45) is 0 Å². The van der Waals surface area contributed by atoms with Crippen LogP contribution in [0.4, 0.5) is 0 Å². The lowest BCUT2D eigenvalue weighted by Gasteiger charge is -2.32. The monoisotopic (exact) mass is 561 g/mol. The Morgan fingerprint density at radius 2 is 1.21 bits per heavy atom. The summed E-state index contributed by atoms with van der Waals surface area (Å²) in [7, 11) is -0.475. The van der Waals surface area contributed by atoms with Gasteiger partial charge >= 0.3 is 7.12 Å². The highest BCUT2D eigenvalue weighted by atomic mass is 16.7. The van der Waals surface area contributed by atoms with Gasteiger partial charge in [-0.05, 0) is 79.2 Å². The van der Waals surface area contributed by atoms with Gasteiger partial charge in [-0.15, -0.1) is 0 Å². The molecular weight excluding hydrogens is 525 g/mol. The first-order chi connectivity index (χ1) is 20.6. The molecule has 0 unspecified atom stereocenters. The fraction of sp³-hybridized carbons (Fsp3) is 0.231. The summed E-state index contributed by atoms with van der Waals surface area (Å²) in [4.78, 5) is 0. The van der Waals surface area contributed by atoms with Crippen LogP contribution < -0.4 is 5.46 Å². The van der Waals surface area contributed by atoms with Gasteiger partial charge in [-0.2, -0.15) is 0 Å².